The minimum atomic E-state index is 0. The van der Waals surface area contributed by atoms with E-state index in [-0.39, 0.29) is 77.8 Å². The molecule has 166 valence electrons. The Morgan fingerprint density at radius 3 is 1.71 bits per heavy atom. The first-order chi connectivity index (χ1) is 9.63. The number of rotatable bonds is 2. The molecular formula is C27H45Hf-9. The zero-order chi connectivity index (χ0) is 14.5. The van der Waals surface area contributed by atoms with E-state index in [0.717, 1.165) is 0 Å². The molecule has 0 nitrogen and oxygen atoms in total. The van der Waals surface area contributed by atoms with Gasteiger partial charge in [0, 0.05) is 25.8 Å². The monoisotopic (exact) mass is 549 g/mol. The minimum absolute atomic E-state index is 0. The van der Waals surface area contributed by atoms with Gasteiger partial charge in [-0.1, -0.05) is 37.3 Å². The van der Waals surface area contributed by atoms with Crippen LogP contribution in [0.15, 0.2) is 54.6 Å². The molecule has 28 heavy (non-hydrogen) atoms. The Labute approximate surface area is 199 Å². The average molecular weight is 548 g/mol. The summed E-state index contributed by atoms with van der Waals surface area (Å²) in [5, 5.41) is 2.85. The van der Waals surface area contributed by atoms with Crippen molar-refractivity contribution >= 4 is 10.8 Å². The van der Waals surface area contributed by atoms with E-state index >= 15 is 0 Å². The first kappa shape index (κ1) is 45.7. The standard InChI is InChI=1S/C15H19.C5H5.7CH3.Hf/c1-5-10(2)14-7-6-13-8-11(3)12(4)9-15(13)14;1-2-4-5-3-1;;;;;;;;/h6-10H,5H2,1-4H3;1-5H;7*1H3;/q9*-1;. The molecule has 1 atom stereocenters. The van der Waals surface area contributed by atoms with Crippen LogP contribution in [-0.4, -0.2) is 0 Å². The molecule has 0 amide bonds. The van der Waals surface area contributed by atoms with Gasteiger partial charge in [0.1, 0.15) is 0 Å². The molecule has 0 aliphatic carbocycles. The summed E-state index contributed by atoms with van der Waals surface area (Å²) in [7, 11) is 0. The number of hydrogen-bond donors (Lipinski definition) is 0. The molecule has 0 aliphatic rings. The smallest absolute Gasteiger partial charge is 0 e. The molecule has 3 rings (SSSR count). The third-order valence-electron chi connectivity index (χ3n) is 4.12. The van der Waals surface area contributed by atoms with Gasteiger partial charge in [-0.2, -0.15) is 24.3 Å². The Morgan fingerprint density at radius 2 is 1.32 bits per heavy atom. The van der Waals surface area contributed by atoms with Crippen molar-refractivity contribution in [2.45, 2.75) is 40.0 Å². The molecule has 0 N–H and O–H groups in total. The first-order valence-corrected chi connectivity index (χ1v) is 7.46. The molecule has 0 fully saturated rings. The molecule has 1 unspecified atom stereocenters. The number of hydrogen-bond acceptors (Lipinski definition) is 0. The van der Waals surface area contributed by atoms with Gasteiger partial charge in [0.25, 0.3) is 0 Å². The van der Waals surface area contributed by atoms with E-state index in [1.54, 1.807) is 0 Å². The first-order valence-electron chi connectivity index (χ1n) is 7.46. The van der Waals surface area contributed by atoms with E-state index < -0.39 is 0 Å². The van der Waals surface area contributed by atoms with E-state index in [0.29, 0.717) is 5.92 Å². The molecule has 0 heterocycles. The Bertz CT molecular complexity index is 627. The van der Waals surface area contributed by atoms with Crippen molar-refractivity contribution in [1.82, 2.24) is 0 Å². The SMILES string of the molecule is CCC(C)[c-]1ccc2cc(C)c(C)cc21.[CH3-].[CH3-].[CH3-].[CH3-].[CH3-].[CH3-].[CH3-].[Hf].c1cc[cH-]c1. The third-order valence-corrected chi connectivity index (χ3v) is 4.12. The Hall–Kier alpha value is -0.950. The van der Waals surface area contributed by atoms with Gasteiger partial charge in [-0.05, 0) is 13.8 Å². The maximum atomic E-state index is 2.34. The Kier molecular flexibility index (Phi) is 36.4. The van der Waals surface area contributed by atoms with Crippen molar-refractivity contribution in [3.63, 3.8) is 0 Å². The van der Waals surface area contributed by atoms with E-state index in [1.165, 1.54) is 33.9 Å². The zero-order valence-corrected chi connectivity index (χ0v) is 24.1. The van der Waals surface area contributed by atoms with Gasteiger partial charge >= 0.3 is 0 Å². The van der Waals surface area contributed by atoms with E-state index in [2.05, 4.69) is 52.0 Å². The van der Waals surface area contributed by atoms with Crippen LogP contribution in [0.2, 0.25) is 0 Å². The maximum absolute atomic E-state index is 2.34. The number of benzene rings is 1. The van der Waals surface area contributed by atoms with Gasteiger partial charge in [-0.25, -0.2) is 12.1 Å². The molecule has 0 aromatic heterocycles. The summed E-state index contributed by atoms with van der Waals surface area (Å²) in [5.74, 6) is 0.671. The molecule has 3 aromatic rings. The van der Waals surface area contributed by atoms with Crippen LogP contribution in [0.3, 0.4) is 0 Å². The predicted molar refractivity (Wildman–Crippen MR) is 135 cm³/mol. The summed E-state index contributed by atoms with van der Waals surface area (Å²) >= 11 is 0. The fraction of sp³-hybridized carbons (Fsp3) is 0.222. The Balaban J connectivity index is -0.0000000608. The van der Waals surface area contributed by atoms with Crippen LogP contribution in [0.1, 0.15) is 42.9 Å². The van der Waals surface area contributed by atoms with Crippen LogP contribution < -0.4 is 0 Å². The van der Waals surface area contributed by atoms with E-state index in [1.807, 2.05) is 30.3 Å². The molecule has 0 saturated carbocycles. The van der Waals surface area contributed by atoms with Gasteiger partial charge in [0.2, 0.25) is 0 Å². The van der Waals surface area contributed by atoms with Gasteiger partial charge in [0.15, 0.2) is 0 Å². The average Bonchev–Trinajstić information content (AvgIpc) is 3.11. The molecule has 0 aliphatic heterocycles. The minimum Gasteiger partial charge on any atom is -0.358 e. The van der Waals surface area contributed by atoms with Crippen molar-refractivity contribution in [1.29, 1.82) is 0 Å². The van der Waals surface area contributed by atoms with Crippen LogP contribution in [0, 0.1) is 65.8 Å². The number of aryl methyl sites for hydroxylation is 2. The molecule has 3 aromatic carbocycles. The summed E-state index contributed by atoms with van der Waals surface area (Å²) in [6, 6.07) is 19.2. The fourth-order valence-corrected chi connectivity index (χ4v) is 2.47. The second-order valence-electron chi connectivity index (χ2n) is 5.58. The topological polar surface area (TPSA) is 0 Å². The van der Waals surface area contributed by atoms with E-state index in [4.69, 9.17) is 0 Å². The van der Waals surface area contributed by atoms with Crippen LogP contribution >= 0.6 is 0 Å². The van der Waals surface area contributed by atoms with Gasteiger partial charge in [-0.3, -0.25) is 0 Å². The summed E-state index contributed by atoms with van der Waals surface area (Å²) < 4.78 is 0. The van der Waals surface area contributed by atoms with E-state index in [9.17, 15) is 0 Å². The molecule has 0 radical (unpaired) electrons. The molecular weight excluding hydrogens is 503 g/mol. The van der Waals surface area contributed by atoms with Gasteiger partial charge in [-0.15, -0.1) is 34.5 Å². The number of fused-ring (bicyclic) bond motifs is 1. The second kappa shape index (κ2) is 22.3. The zero-order valence-electron chi connectivity index (χ0n) is 20.5. The molecule has 0 bridgehead atoms. The largest absolute Gasteiger partial charge is 0.358 e. The van der Waals surface area contributed by atoms with Crippen LogP contribution in [-0.2, 0) is 25.8 Å². The van der Waals surface area contributed by atoms with Gasteiger partial charge in [0.05, 0.1) is 0 Å². The third kappa shape index (κ3) is 11.8. The maximum Gasteiger partial charge on any atom is 0 e. The molecule has 0 saturated heterocycles. The van der Waals surface area contributed by atoms with Crippen molar-refractivity contribution < 1.29 is 25.8 Å². The van der Waals surface area contributed by atoms with Gasteiger partial charge < -0.3 is 52.0 Å². The van der Waals surface area contributed by atoms with Crippen molar-refractivity contribution in [2.75, 3.05) is 0 Å². The Morgan fingerprint density at radius 1 is 0.857 bits per heavy atom. The molecule has 1 heteroatoms. The summed E-state index contributed by atoms with van der Waals surface area (Å²) in [4.78, 5) is 0. The summed E-state index contributed by atoms with van der Waals surface area (Å²) in [5.41, 5.74) is 4.30. The fourth-order valence-electron chi connectivity index (χ4n) is 2.47. The van der Waals surface area contributed by atoms with Crippen molar-refractivity contribution in [2.24, 2.45) is 0 Å². The van der Waals surface area contributed by atoms with Crippen LogP contribution in [0.5, 0.6) is 0 Å². The normalized spacial score (nSPS) is 8.57. The quantitative estimate of drug-likeness (QED) is 0.221. The van der Waals surface area contributed by atoms with Crippen molar-refractivity contribution in [3.8, 4) is 0 Å². The predicted octanol–water partition coefficient (Wildman–Crippen LogP) is 9.24. The second-order valence-corrected chi connectivity index (χ2v) is 5.58. The van der Waals surface area contributed by atoms with Crippen molar-refractivity contribution in [3.05, 3.63) is 123 Å². The van der Waals surface area contributed by atoms with Crippen LogP contribution in [0.25, 0.3) is 10.8 Å². The summed E-state index contributed by atoms with van der Waals surface area (Å²) in [6.45, 7) is 8.95. The summed E-state index contributed by atoms with van der Waals surface area (Å²) in [6.07, 6.45) is 1.21. The molecule has 0 spiro atoms. The van der Waals surface area contributed by atoms with Crippen LogP contribution in [0.4, 0.5) is 0 Å².